The van der Waals surface area contributed by atoms with E-state index in [0.29, 0.717) is 31.7 Å². The molecule has 1 aromatic heterocycles. The fourth-order valence-corrected chi connectivity index (χ4v) is 4.01. The Balaban J connectivity index is 1.75. The second-order valence-corrected chi connectivity index (χ2v) is 9.62. The molecule has 1 atom stereocenters. The van der Waals surface area contributed by atoms with Gasteiger partial charge in [0.15, 0.2) is 0 Å². The van der Waals surface area contributed by atoms with Gasteiger partial charge in [0.2, 0.25) is 5.91 Å². The lowest BCUT2D eigenvalue weighted by Crippen LogP contribution is -2.51. The quantitative estimate of drug-likeness (QED) is 0.335. The molecule has 0 saturated carbocycles. The van der Waals surface area contributed by atoms with E-state index in [-0.39, 0.29) is 30.5 Å². The maximum Gasteiger partial charge on any atom is 0.408 e. The summed E-state index contributed by atoms with van der Waals surface area (Å²) in [6.45, 7) is 8.12. The van der Waals surface area contributed by atoms with Crippen molar-refractivity contribution in [2.24, 2.45) is 0 Å². The van der Waals surface area contributed by atoms with Crippen LogP contribution < -0.4 is 5.32 Å². The second kappa shape index (κ2) is 11.2. The number of hydrogen-bond acceptors (Lipinski definition) is 7. The molecule has 0 radical (unpaired) electrons. The summed E-state index contributed by atoms with van der Waals surface area (Å²) in [5.74, 6) is -0.620. The standard InChI is InChI=1S/C25H32N4O7/c1-5-35-22(30)16-27-13-18-10-11-28(15-19(18)14-27)23(31)21(26-24(32)36-25(2,3)4)12-17-6-8-20(9-7-17)29(33)34/h6-9,13-14,21H,5,10-12,15-16H2,1-4H3,(H,26,32)/t21-/m0/s1. The number of nitrogens with one attached hydrogen (secondary N) is 1. The number of fused-ring (bicyclic) bond motifs is 1. The van der Waals surface area contributed by atoms with E-state index in [9.17, 15) is 24.5 Å². The van der Waals surface area contributed by atoms with Crippen LogP contribution in [0.1, 0.15) is 44.4 Å². The van der Waals surface area contributed by atoms with Crippen LogP contribution >= 0.6 is 0 Å². The zero-order valence-electron chi connectivity index (χ0n) is 21.0. The van der Waals surface area contributed by atoms with Crippen LogP contribution in [0, 0.1) is 10.1 Å². The first-order valence-corrected chi connectivity index (χ1v) is 11.8. The van der Waals surface area contributed by atoms with Crippen molar-refractivity contribution in [1.29, 1.82) is 0 Å². The number of benzene rings is 1. The van der Waals surface area contributed by atoms with Crippen LogP contribution in [-0.2, 0) is 45.0 Å². The zero-order chi connectivity index (χ0) is 26.5. The number of esters is 1. The number of ether oxygens (including phenoxy) is 2. The summed E-state index contributed by atoms with van der Waals surface area (Å²) in [5.41, 5.74) is 1.83. The normalized spacial score (nSPS) is 13.9. The Labute approximate surface area is 209 Å². The molecule has 1 aromatic carbocycles. The van der Waals surface area contributed by atoms with Gasteiger partial charge in [-0.3, -0.25) is 19.7 Å². The first-order valence-electron chi connectivity index (χ1n) is 11.8. The van der Waals surface area contributed by atoms with Gasteiger partial charge in [0, 0.05) is 44.0 Å². The number of nitro benzene ring substituents is 1. The predicted molar refractivity (Wildman–Crippen MR) is 130 cm³/mol. The first kappa shape index (κ1) is 26.7. The van der Waals surface area contributed by atoms with E-state index in [1.807, 2.05) is 12.4 Å². The molecule has 1 aliphatic heterocycles. The van der Waals surface area contributed by atoms with Crippen molar-refractivity contribution in [3.05, 3.63) is 63.5 Å². The highest BCUT2D eigenvalue weighted by atomic mass is 16.6. The number of alkyl carbamates (subject to hydrolysis) is 1. The molecule has 1 N–H and O–H groups in total. The second-order valence-electron chi connectivity index (χ2n) is 9.62. The van der Waals surface area contributed by atoms with Crippen molar-refractivity contribution >= 4 is 23.7 Å². The van der Waals surface area contributed by atoms with Gasteiger partial charge in [-0.05, 0) is 50.8 Å². The molecule has 0 spiro atoms. The molecule has 2 aromatic rings. The molecule has 194 valence electrons. The van der Waals surface area contributed by atoms with Gasteiger partial charge in [-0.25, -0.2) is 4.79 Å². The number of rotatable bonds is 8. The Kier molecular flexibility index (Phi) is 8.33. The molecule has 2 heterocycles. The van der Waals surface area contributed by atoms with Crippen LogP contribution in [0.3, 0.4) is 0 Å². The molecule has 3 rings (SSSR count). The van der Waals surface area contributed by atoms with E-state index in [4.69, 9.17) is 9.47 Å². The lowest BCUT2D eigenvalue weighted by atomic mass is 10.0. The number of non-ortho nitro benzene ring substituents is 1. The van der Waals surface area contributed by atoms with Gasteiger partial charge in [0.25, 0.3) is 5.69 Å². The van der Waals surface area contributed by atoms with Crippen molar-refractivity contribution in [3.63, 3.8) is 0 Å². The van der Waals surface area contributed by atoms with Crippen molar-refractivity contribution in [1.82, 2.24) is 14.8 Å². The number of carbonyl (C=O) groups excluding carboxylic acids is 3. The Morgan fingerprint density at radius 2 is 1.81 bits per heavy atom. The lowest BCUT2D eigenvalue weighted by molar-refractivity contribution is -0.384. The van der Waals surface area contributed by atoms with Gasteiger partial charge >= 0.3 is 12.1 Å². The molecule has 0 bridgehead atoms. The van der Waals surface area contributed by atoms with Crippen molar-refractivity contribution in [2.45, 2.75) is 65.3 Å². The minimum Gasteiger partial charge on any atom is -0.465 e. The fourth-order valence-electron chi connectivity index (χ4n) is 4.01. The van der Waals surface area contributed by atoms with E-state index in [2.05, 4.69) is 5.32 Å². The summed E-state index contributed by atoms with van der Waals surface area (Å²) in [7, 11) is 0. The van der Waals surface area contributed by atoms with Crippen LogP contribution in [0.5, 0.6) is 0 Å². The van der Waals surface area contributed by atoms with E-state index in [1.165, 1.54) is 12.1 Å². The molecule has 0 fully saturated rings. The Morgan fingerprint density at radius 1 is 1.14 bits per heavy atom. The van der Waals surface area contributed by atoms with Crippen LogP contribution in [0.25, 0.3) is 0 Å². The molecular weight excluding hydrogens is 468 g/mol. The SMILES string of the molecule is CCOC(=O)Cn1cc2c(c1)CN(C(=O)[C@H](Cc1ccc([N+](=O)[O-])cc1)NC(=O)OC(C)(C)C)CC2. The molecule has 0 unspecified atom stereocenters. The summed E-state index contributed by atoms with van der Waals surface area (Å²) in [4.78, 5) is 50.0. The van der Waals surface area contributed by atoms with Crippen molar-refractivity contribution < 1.29 is 28.8 Å². The predicted octanol–water partition coefficient (Wildman–Crippen LogP) is 2.98. The maximum atomic E-state index is 13.5. The summed E-state index contributed by atoms with van der Waals surface area (Å²) in [6, 6.07) is 4.94. The summed E-state index contributed by atoms with van der Waals surface area (Å²) >= 11 is 0. The van der Waals surface area contributed by atoms with Crippen LogP contribution in [0.15, 0.2) is 36.7 Å². The molecule has 1 aliphatic rings. The highest BCUT2D eigenvalue weighted by Crippen LogP contribution is 2.22. The van der Waals surface area contributed by atoms with E-state index in [0.717, 1.165) is 11.1 Å². The van der Waals surface area contributed by atoms with Gasteiger partial charge in [0.05, 0.1) is 11.5 Å². The molecule has 11 heteroatoms. The maximum absolute atomic E-state index is 13.5. The van der Waals surface area contributed by atoms with Crippen molar-refractivity contribution in [2.75, 3.05) is 13.2 Å². The van der Waals surface area contributed by atoms with Crippen LogP contribution in [0.2, 0.25) is 0 Å². The third-order valence-electron chi connectivity index (χ3n) is 5.57. The van der Waals surface area contributed by atoms with Gasteiger partial charge in [-0.1, -0.05) is 12.1 Å². The van der Waals surface area contributed by atoms with E-state index < -0.39 is 22.7 Å². The molecule has 0 aliphatic carbocycles. The fraction of sp³-hybridized carbons (Fsp3) is 0.480. The Bertz CT molecular complexity index is 1120. The number of carbonyl (C=O) groups is 3. The summed E-state index contributed by atoms with van der Waals surface area (Å²) < 4.78 is 12.1. The number of aromatic nitrogens is 1. The van der Waals surface area contributed by atoms with Gasteiger partial charge < -0.3 is 24.3 Å². The number of nitrogens with zero attached hydrogens (tertiary/aromatic N) is 3. The Hall–Kier alpha value is -3.89. The van der Waals surface area contributed by atoms with E-state index >= 15 is 0 Å². The number of amides is 2. The highest BCUT2D eigenvalue weighted by Gasteiger charge is 2.31. The average Bonchev–Trinajstić information content (AvgIpc) is 3.18. The Morgan fingerprint density at radius 3 is 2.42 bits per heavy atom. The summed E-state index contributed by atoms with van der Waals surface area (Å²) in [5, 5.41) is 13.6. The lowest BCUT2D eigenvalue weighted by Gasteiger charge is -2.31. The molecule has 36 heavy (non-hydrogen) atoms. The monoisotopic (exact) mass is 500 g/mol. The number of nitro groups is 1. The highest BCUT2D eigenvalue weighted by molar-refractivity contribution is 5.86. The molecule has 0 saturated heterocycles. The molecule has 2 amide bonds. The summed E-state index contributed by atoms with van der Waals surface area (Å²) in [6.07, 6.45) is 3.75. The minimum atomic E-state index is -0.926. The third-order valence-corrected chi connectivity index (χ3v) is 5.57. The largest absolute Gasteiger partial charge is 0.465 e. The van der Waals surface area contributed by atoms with Crippen LogP contribution in [0.4, 0.5) is 10.5 Å². The first-order chi connectivity index (χ1) is 16.9. The molecular formula is C25H32N4O7. The zero-order valence-corrected chi connectivity index (χ0v) is 21.0. The van der Waals surface area contributed by atoms with Gasteiger partial charge in [-0.15, -0.1) is 0 Å². The van der Waals surface area contributed by atoms with E-state index in [1.54, 1.807) is 49.3 Å². The topological polar surface area (TPSA) is 133 Å². The number of hydrogen-bond donors (Lipinski definition) is 1. The van der Waals surface area contributed by atoms with Crippen LogP contribution in [-0.4, -0.2) is 57.2 Å². The molecule has 11 nitrogen and oxygen atoms in total. The minimum absolute atomic E-state index is 0.0578. The average molecular weight is 501 g/mol. The van der Waals surface area contributed by atoms with Gasteiger partial charge in [-0.2, -0.15) is 0 Å². The third kappa shape index (κ3) is 7.30. The van der Waals surface area contributed by atoms with Crippen molar-refractivity contribution in [3.8, 4) is 0 Å². The smallest absolute Gasteiger partial charge is 0.408 e. The van der Waals surface area contributed by atoms with Gasteiger partial charge in [0.1, 0.15) is 18.2 Å².